The third kappa shape index (κ3) is 2.92. The molecule has 0 saturated heterocycles. The third-order valence-electron chi connectivity index (χ3n) is 3.81. The predicted molar refractivity (Wildman–Crippen MR) is 60.5 cm³/mol. The third-order valence-corrected chi connectivity index (χ3v) is 3.81. The average Bonchev–Trinajstić information content (AvgIpc) is 2.12. The van der Waals surface area contributed by atoms with E-state index < -0.39 is 30.1 Å². The fourth-order valence-electron chi connectivity index (χ4n) is 2.86. The lowest BCUT2D eigenvalue weighted by Crippen LogP contribution is -2.56. The summed E-state index contributed by atoms with van der Waals surface area (Å²) in [5.41, 5.74) is -2.99. The zero-order valence-electron chi connectivity index (χ0n) is 11.1. The van der Waals surface area contributed by atoms with E-state index in [-0.39, 0.29) is 18.8 Å². The molecule has 1 unspecified atom stereocenters. The Balaban J connectivity index is 3.33. The van der Waals surface area contributed by atoms with Crippen molar-refractivity contribution in [3.05, 3.63) is 11.6 Å². The number of hydrogen-bond acceptors (Lipinski definition) is 0. The molecule has 0 N–H and O–H groups in total. The van der Waals surface area contributed by atoms with Gasteiger partial charge in [-0.05, 0) is 38.0 Å². The SMILES string of the molecule is CC1=CCC(C(F)(F)F)(C(F)(F)F)C(CC(C)C)C1. The minimum atomic E-state index is -5.28. The van der Waals surface area contributed by atoms with Crippen LogP contribution in [0.2, 0.25) is 0 Å². The van der Waals surface area contributed by atoms with Crippen LogP contribution >= 0.6 is 0 Å². The van der Waals surface area contributed by atoms with Gasteiger partial charge < -0.3 is 0 Å². The van der Waals surface area contributed by atoms with E-state index in [1.165, 1.54) is 0 Å². The molecular weight excluding hydrogens is 270 g/mol. The van der Waals surface area contributed by atoms with Crippen LogP contribution in [0.4, 0.5) is 26.3 Å². The smallest absolute Gasteiger partial charge is 0.170 e. The molecule has 0 aromatic carbocycles. The van der Waals surface area contributed by atoms with Crippen molar-refractivity contribution in [2.24, 2.45) is 17.3 Å². The Morgan fingerprint density at radius 1 is 1.16 bits per heavy atom. The van der Waals surface area contributed by atoms with E-state index in [9.17, 15) is 26.3 Å². The number of hydrogen-bond donors (Lipinski definition) is 0. The van der Waals surface area contributed by atoms with Crippen LogP contribution in [-0.4, -0.2) is 12.4 Å². The van der Waals surface area contributed by atoms with E-state index in [0.717, 1.165) is 6.08 Å². The predicted octanol–water partition coefficient (Wildman–Crippen LogP) is 5.50. The van der Waals surface area contributed by atoms with Gasteiger partial charge in [-0.25, -0.2) is 0 Å². The van der Waals surface area contributed by atoms with Crippen LogP contribution in [0.25, 0.3) is 0 Å². The molecule has 0 heterocycles. The van der Waals surface area contributed by atoms with Crippen molar-refractivity contribution < 1.29 is 26.3 Å². The average molecular weight is 288 g/mol. The molecule has 6 heteroatoms. The summed E-state index contributed by atoms with van der Waals surface area (Å²) in [6.45, 7) is 4.88. The van der Waals surface area contributed by atoms with Crippen molar-refractivity contribution in [3.8, 4) is 0 Å². The molecule has 0 fully saturated rings. The Morgan fingerprint density at radius 2 is 1.63 bits per heavy atom. The monoisotopic (exact) mass is 288 g/mol. The number of allylic oxidation sites excluding steroid dienone is 2. The highest BCUT2D eigenvalue weighted by molar-refractivity contribution is 5.14. The molecule has 0 amide bonds. The quantitative estimate of drug-likeness (QED) is 0.465. The van der Waals surface area contributed by atoms with E-state index in [1.54, 1.807) is 20.8 Å². The highest BCUT2D eigenvalue weighted by atomic mass is 19.4. The second-order valence-electron chi connectivity index (χ2n) is 5.75. The Kier molecular flexibility index (Phi) is 4.32. The van der Waals surface area contributed by atoms with Gasteiger partial charge in [-0.1, -0.05) is 25.5 Å². The van der Waals surface area contributed by atoms with Crippen LogP contribution in [0.15, 0.2) is 11.6 Å². The van der Waals surface area contributed by atoms with Crippen molar-refractivity contribution in [2.45, 2.75) is 52.4 Å². The van der Waals surface area contributed by atoms with Gasteiger partial charge in [0.25, 0.3) is 0 Å². The van der Waals surface area contributed by atoms with E-state index in [0.29, 0.717) is 5.57 Å². The fraction of sp³-hybridized carbons (Fsp3) is 0.846. The van der Waals surface area contributed by atoms with E-state index in [4.69, 9.17) is 0 Å². The molecule has 1 aliphatic carbocycles. The summed E-state index contributed by atoms with van der Waals surface area (Å²) in [5.74, 6) is -1.64. The molecule has 0 spiro atoms. The zero-order chi connectivity index (χ0) is 15.1. The molecule has 1 rings (SSSR count). The maximum Gasteiger partial charge on any atom is 0.403 e. The molecule has 0 radical (unpaired) electrons. The summed E-state index contributed by atoms with van der Waals surface area (Å²) in [5, 5.41) is 0. The first-order valence-electron chi connectivity index (χ1n) is 6.21. The molecule has 19 heavy (non-hydrogen) atoms. The summed E-state index contributed by atoms with van der Waals surface area (Å²) >= 11 is 0. The van der Waals surface area contributed by atoms with Gasteiger partial charge >= 0.3 is 12.4 Å². The van der Waals surface area contributed by atoms with Crippen LogP contribution < -0.4 is 0 Å². The highest BCUT2D eigenvalue weighted by Crippen LogP contribution is 2.61. The van der Waals surface area contributed by atoms with Crippen LogP contribution in [0, 0.1) is 17.3 Å². The first-order chi connectivity index (χ1) is 8.42. The van der Waals surface area contributed by atoms with Gasteiger partial charge in [-0.2, -0.15) is 26.3 Å². The van der Waals surface area contributed by atoms with Gasteiger partial charge in [-0.3, -0.25) is 0 Å². The lowest BCUT2D eigenvalue weighted by atomic mass is 9.63. The fourth-order valence-corrected chi connectivity index (χ4v) is 2.86. The zero-order valence-corrected chi connectivity index (χ0v) is 11.1. The molecule has 0 aromatic rings. The van der Waals surface area contributed by atoms with Crippen molar-refractivity contribution in [1.29, 1.82) is 0 Å². The van der Waals surface area contributed by atoms with Crippen LogP contribution in [0.5, 0.6) is 0 Å². The maximum atomic E-state index is 13.2. The minimum absolute atomic E-state index is 0.0792. The van der Waals surface area contributed by atoms with Gasteiger partial charge in [0.2, 0.25) is 0 Å². The van der Waals surface area contributed by atoms with Gasteiger partial charge in [0.15, 0.2) is 5.41 Å². The molecule has 0 saturated carbocycles. The van der Waals surface area contributed by atoms with E-state index in [1.807, 2.05) is 0 Å². The number of alkyl halides is 6. The molecule has 112 valence electrons. The second kappa shape index (κ2) is 5.02. The van der Waals surface area contributed by atoms with Crippen molar-refractivity contribution in [2.75, 3.05) is 0 Å². The Bertz CT molecular complexity index is 333. The van der Waals surface area contributed by atoms with Crippen LogP contribution in [0.1, 0.15) is 40.0 Å². The van der Waals surface area contributed by atoms with Gasteiger partial charge in [0, 0.05) is 0 Å². The molecular formula is C13H18F6. The summed E-state index contributed by atoms with van der Waals surface area (Å²) in [6, 6.07) is 0. The lowest BCUT2D eigenvalue weighted by Gasteiger charge is -2.45. The van der Waals surface area contributed by atoms with Crippen LogP contribution in [0.3, 0.4) is 0 Å². The first kappa shape index (κ1) is 16.4. The highest BCUT2D eigenvalue weighted by Gasteiger charge is 2.73. The summed E-state index contributed by atoms with van der Waals surface area (Å²) in [4.78, 5) is 0. The molecule has 0 aliphatic heterocycles. The number of rotatable bonds is 2. The number of halogens is 6. The summed E-state index contributed by atoms with van der Waals surface area (Å²) in [6.07, 6.45) is -10.7. The first-order valence-corrected chi connectivity index (χ1v) is 6.21. The molecule has 0 bridgehead atoms. The van der Waals surface area contributed by atoms with Gasteiger partial charge in [-0.15, -0.1) is 0 Å². The Labute approximate surface area is 108 Å². The Hall–Kier alpha value is -0.680. The van der Waals surface area contributed by atoms with Crippen molar-refractivity contribution in [1.82, 2.24) is 0 Å². The topological polar surface area (TPSA) is 0 Å². The molecule has 0 nitrogen and oxygen atoms in total. The molecule has 1 aliphatic rings. The van der Waals surface area contributed by atoms with E-state index >= 15 is 0 Å². The van der Waals surface area contributed by atoms with E-state index in [2.05, 4.69) is 0 Å². The minimum Gasteiger partial charge on any atom is -0.170 e. The van der Waals surface area contributed by atoms with Gasteiger partial charge in [0.05, 0.1) is 0 Å². The summed E-state index contributed by atoms with van der Waals surface area (Å²) < 4.78 is 79.0. The summed E-state index contributed by atoms with van der Waals surface area (Å²) in [7, 11) is 0. The van der Waals surface area contributed by atoms with Crippen molar-refractivity contribution >= 4 is 0 Å². The normalized spacial score (nSPS) is 24.5. The Morgan fingerprint density at radius 3 is 2.00 bits per heavy atom. The standard InChI is InChI=1S/C13H18F6/c1-8(2)6-10-7-9(3)4-5-11(10,12(14,15)16)13(17,18)19/h4,8,10H,5-7H2,1-3H3. The molecule has 1 atom stereocenters. The van der Waals surface area contributed by atoms with Crippen molar-refractivity contribution in [3.63, 3.8) is 0 Å². The van der Waals surface area contributed by atoms with Gasteiger partial charge in [0.1, 0.15) is 0 Å². The molecule has 0 aromatic heterocycles. The maximum absolute atomic E-state index is 13.2. The lowest BCUT2D eigenvalue weighted by molar-refractivity contribution is -0.360. The largest absolute Gasteiger partial charge is 0.403 e. The van der Waals surface area contributed by atoms with Crippen LogP contribution in [-0.2, 0) is 0 Å². The second-order valence-corrected chi connectivity index (χ2v) is 5.75.